The van der Waals surface area contributed by atoms with Gasteiger partial charge >= 0.3 is 6.03 Å². The molecular weight excluding hydrogens is 375 g/mol. The maximum Gasteiger partial charge on any atom is 0.325 e. The molecule has 24 heavy (non-hydrogen) atoms. The number of hydrogen-bond donors (Lipinski definition) is 1. The molecule has 0 spiro atoms. The van der Waals surface area contributed by atoms with Crippen molar-refractivity contribution in [2.45, 2.75) is 25.4 Å². The number of halogens is 2. The molecule has 0 saturated carbocycles. The van der Waals surface area contributed by atoms with Crippen molar-refractivity contribution >= 4 is 27.9 Å². The van der Waals surface area contributed by atoms with Gasteiger partial charge in [-0.1, -0.05) is 47.1 Å². The van der Waals surface area contributed by atoms with Gasteiger partial charge in [0, 0.05) is 4.47 Å². The van der Waals surface area contributed by atoms with Gasteiger partial charge in [-0.2, -0.15) is 0 Å². The number of rotatable bonds is 4. The lowest BCUT2D eigenvalue weighted by Gasteiger charge is -2.25. The number of nitrogens with zero attached hydrogens (tertiary/aromatic N) is 1. The molecule has 0 bridgehead atoms. The lowest BCUT2D eigenvalue weighted by Crippen LogP contribution is -2.43. The lowest BCUT2D eigenvalue weighted by molar-refractivity contribution is -0.132. The lowest BCUT2D eigenvalue weighted by atomic mass is 9.87. The number of benzene rings is 2. The molecule has 1 heterocycles. The van der Waals surface area contributed by atoms with Crippen LogP contribution in [0.5, 0.6) is 0 Å². The Hall–Kier alpha value is -2.21. The predicted octanol–water partition coefficient (Wildman–Crippen LogP) is 3.95. The summed E-state index contributed by atoms with van der Waals surface area (Å²) in [6.07, 6.45) is 0.387. The minimum atomic E-state index is -1.14. The molecule has 2 aromatic rings. The molecule has 1 N–H and O–H groups in total. The summed E-state index contributed by atoms with van der Waals surface area (Å²) in [5, 5.41) is 2.79. The van der Waals surface area contributed by atoms with Crippen LogP contribution in [0.15, 0.2) is 53.0 Å². The van der Waals surface area contributed by atoms with Crippen LogP contribution in [0, 0.1) is 5.82 Å². The van der Waals surface area contributed by atoms with Gasteiger partial charge in [0.15, 0.2) is 0 Å². The van der Waals surface area contributed by atoms with Gasteiger partial charge in [0.2, 0.25) is 0 Å². The summed E-state index contributed by atoms with van der Waals surface area (Å²) >= 11 is 3.38. The molecule has 3 rings (SSSR count). The van der Waals surface area contributed by atoms with Crippen molar-refractivity contribution < 1.29 is 14.0 Å². The molecule has 0 aliphatic carbocycles. The van der Waals surface area contributed by atoms with E-state index in [1.807, 2.05) is 31.2 Å². The smallest absolute Gasteiger partial charge is 0.319 e. The van der Waals surface area contributed by atoms with Crippen molar-refractivity contribution in [1.29, 1.82) is 0 Å². The largest absolute Gasteiger partial charge is 0.325 e. The van der Waals surface area contributed by atoms with E-state index in [4.69, 9.17) is 0 Å². The Morgan fingerprint density at radius 1 is 1.17 bits per heavy atom. The van der Waals surface area contributed by atoms with Gasteiger partial charge in [-0.15, -0.1) is 0 Å². The van der Waals surface area contributed by atoms with Crippen molar-refractivity contribution in [3.63, 3.8) is 0 Å². The second-order valence-corrected chi connectivity index (χ2v) is 6.63. The van der Waals surface area contributed by atoms with Crippen LogP contribution in [0.2, 0.25) is 0 Å². The summed E-state index contributed by atoms with van der Waals surface area (Å²) < 4.78 is 14.1. The van der Waals surface area contributed by atoms with Gasteiger partial charge in [0.1, 0.15) is 11.4 Å². The summed E-state index contributed by atoms with van der Waals surface area (Å²) in [5.41, 5.74) is 0.289. The Balaban J connectivity index is 1.93. The summed E-state index contributed by atoms with van der Waals surface area (Å²) in [6.45, 7) is 2.01. The molecule has 1 aliphatic rings. The minimum absolute atomic E-state index is 0.188. The van der Waals surface area contributed by atoms with Crippen molar-refractivity contribution in [3.05, 3.63) is 69.9 Å². The molecule has 3 amide bonds. The number of carbonyl (C=O) groups is 2. The predicted molar refractivity (Wildman–Crippen MR) is 91.6 cm³/mol. The van der Waals surface area contributed by atoms with E-state index in [1.165, 1.54) is 17.0 Å². The van der Waals surface area contributed by atoms with Crippen LogP contribution < -0.4 is 5.32 Å². The Morgan fingerprint density at radius 3 is 2.50 bits per heavy atom. The maximum absolute atomic E-state index is 13.2. The summed E-state index contributed by atoms with van der Waals surface area (Å²) in [5.74, 6) is -0.700. The molecule has 4 nitrogen and oxygen atoms in total. The Labute approximate surface area is 147 Å². The third kappa shape index (κ3) is 2.82. The van der Waals surface area contributed by atoms with Crippen molar-refractivity contribution in [1.82, 2.24) is 10.2 Å². The Bertz CT molecular complexity index is 794. The molecule has 1 aliphatic heterocycles. The standard InChI is InChI=1S/C18H16BrFN2O2/c1-2-18(13-6-8-15(20)9-7-13)16(23)22(17(24)21-18)11-12-4-3-5-14(19)10-12/h3-10H,2,11H2,1H3,(H,21,24)/t18-/m1/s1. The average molecular weight is 391 g/mol. The molecule has 1 fully saturated rings. The number of imide groups is 1. The van der Waals surface area contributed by atoms with Crippen LogP contribution in [-0.2, 0) is 16.9 Å². The average Bonchev–Trinajstić information content (AvgIpc) is 2.81. The summed E-state index contributed by atoms with van der Waals surface area (Å²) in [7, 11) is 0. The molecule has 124 valence electrons. The molecule has 1 atom stereocenters. The quantitative estimate of drug-likeness (QED) is 0.803. The molecular formula is C18H16BrFN2O2. The summed E-state index contributed by atoms with van der Waals surface area (Å²) in [6, 6.07) is 12.7. The van der Waals surface area contributed by atoms with E-state index in [9.17, 15) is 14.0 Å². The zero-order valence-corrected chi connectivity index (χ0v) is 14.6. The first-order chi connectivity index (χ1) is 11.5. The van der Waals surface area contributed by atoms with E-state index in [1.54, 1.807) is 12.1 Å². The van der Waals surface area contributed by atoms with Crippen LogP contribution in [0.4, 0.5) is 9.18 Å². The van der Waals surface area contributed by atoms with Crippen LogP contribution in [0.25, 0.3) is 0 Å². The number of amides is 3. The van der Waals surface area contributed by atoms with E-state index < -0.39 is 11.6 Å². The third-order valence-electron chi connectivity index (χ3n) is 4.27. The van der Waals surface area contributed by atoms with Gasteiger partial charge in [-0.05, 0) is 41.8 Å². The zero-order valence-electron chi connectivity index (χ0n) is 13.1. The zero-order chi connectivity index (χ0) is 17.3. The van der Waals surface area contributed by atoms with E-state index in [-0.39, 0.29) is 18.3 Å². The van der Waals surface area contributed by atoms with E-state index >= 15 is 0 Å². The molecule has 2 aromatic carbocycles. The monoisotopic (exact) mass is 390 g/mol. The van der Waals surface area contributed by atoms with Gasteiger partial charge in [-0.3, -0.25) is 9.69 Å². The van der Waals surface area contributed by atoms with Crippen LogP contribution in [0.1, 0.15) is 24.5 Å². The SMILES string of the molecule is CC[C@]1(c2ccc(F)cc2)NC(=O)N(Cc2cccc(Br)c2)C1=O. The number of hydrogen-bond acceptors (Lipinski definition) is 2. The Morgan fingerprint density at radius 2 is 1.88 bits per heavy atom. The molecule has 0 radical (unpaired) electrons. The first-order valence-corrected chi connectivity index (χ1v) is 8.40. The van der Waals surface area contributed by atoms with Gasteiger partial charge in [0.05, 0.1) is 6.54 Å². The van der Waals surface area contributed by atoms with Crippen LogP contribution >= 0.6 is 15.9 Å². The first kappa shape index (κ1) is 16.6. The van der Waals surface area contributed by atoms with Gasteiger partial charge in [0.25, 0.3) is 5.91 Å². The molecule has 6 heteroatoms. The fraction of sp³-hybridized carbons (Fsp3) is 0.222. The van der Waals surface area contributed by atoms with Crippen LogP contribution in [0.3, 0.4) is 0 Å². The summed E-state index contributed by atoms with van der Waals surface area (Å²) in [4.78, 5) is 26.6. The van der Waals surface area contributed by atoms with E-state index in [0.29, 0.717) is 12.0 Å². The van der Waals surface area contributed by atoms with Gasteiger partial charge in [-0.25, -0.2) is 9.18 Å². The third-order valence-corrected chi connectivity index (χ3v) is 4.77. The Kier molecular flexibility index (Phi) is 4.41. The highest BCUT2D eigenvalue weighted by molar-refractivity contribution is 9.10. The van der Waals surface area contributed by atoms with Gasteiger partial charge < -0.3 is 5.32 Å². The fourth-order valence-electron chi connectivity index (χ4n) is 2.96. The van der Waals surface area contributed by atoms with Crippen molar-refractivity contribution in [2.75, 3.05) is 0 Å². The molecule has 1 saturated heterocycles. The molecule has 0 aromatic heterocycles. The topological polar surface area (TPSA) is 49.4 Å². The second kappa shape index (κ2) is 6.36. The van der Waals surface area contributed by atoms with E-state index in [0.717, 1.165) is 10.0 Å². The van der Waals surface area contributed by atoms with Crippen molar-refractivity contribution in [3.8, 4) is 0 Å². The highest BCUT2D eigenvalue weighted by atomic mass is 79.9. The highest BCUT2D eigenvalue weighted by Crippen LogP contribution is 2.33. The van der Waals surface area contributed by atoms with E-state index in [2.05, 4.69) is 21.2 Å². The second-order valence-electron chi connectivity index (χ2n) is 5.72. The molecule has 0 unspecified atom stereocenters. The first-order valence-electron chi connectivity index (χ1n) is 7.61. The van der Waals surface area contributed by atoms with Crippen molar-refractivity contribution in [2.24, 2.45) is 0 Å². The number of carbonyl (C=O) groups excluding carboxylic acids is 2. The number of urea groups is 1. The number of nitrogens with one attached hydrogen (secondary N) is 1. The minimum Gasteiger partial charge on any atom is -0.319 e. The normalized spacial score (nSPS) is 20.4. The van der Waals surface area contributed by atoms with Crippen LogP contribution in [-0.4, -0.2) is 16.8 Å². The fourth-order valence-corrected chi connectivity index (χ4v) is 3.41. The highest BCUT2D eigenvalue weighted by Gasteiger charge is 2.51. The maximum atomic E-state index is 13.2.